The van der Waals surface area contributed by atoms with Crippen molar-refractivity contribution in [2.75, 3.05) is 20.3 Å². The maximum atomic E-state index is 5.67. The van der Waals surface area contributed by atoms with E-state index in [4.69, 9.17) is 15.3 Å². The van der Waals surface area contributed by atoms with Crippen LogP contribution in [0, 0.1) is 0 Å². The van der Waals surface area contributed by atoms with Gasteiger partial charge in [-0.05, 0) is 36.8 Å². The molecule has 3 N–H and O–H groups in total. The molecule has 18 heavy (non-hydrogen) atoms. The molecule has 0 spiro atoms. The highest BCUT2D eigenvalue weighted by Crippen LogP contribution is 2.36. The molecule has 4 nitrogen and oxygen atoms in total. The van der Waals surface area contributed by atoms with Gasteiger partial charge < -0.3 is 9.47 Å². The first-order chi connectivity index (χ1) is 8.85. The van der Waals surface area contributed by atoms with E-state index >= 15 is 0 Å². The molecule has 2 unspecified atom stereocenters. The summed E-state index contributed by atoms with van der Waals surface area (Å²) in [6.45, 7) is 1.53. The van der Waals surface area contributed by atoms with Crippen LogP contribution in [0.15, 0.2) is 24.3 Å². The SMILES string of the molecule is COCCC(CC1CCOc2ccccc21)NN. The number of benzene rings is 1. The van der Waals surface area contributed by atoms with E-state index < -0.39 is 0 Å². The number of fused-ring (bicyclic) bond motifs is 1. The van der Waals surface area contributed by atoms with Crippen LogP contribution in [0.1, 0.15) is 30.7 Å². The molecule has 1 aromatic rings. The molecule has 2 atom stereocenters. The van der Waals surface area contributed by atoms with Gasteiger partial charge in [-0.3, -0.25) is 11.3 Å². The highest BCUT2D eigenvalue weighted by Gasteiger charge is 2.23. The van der Waals surface area contributed by atoms with Crippen molar-refractivity contribution in [3.63, 3.8) is 0 Å². The Hall–Kier alpha value is -1.10. The van der Waals surface area contributed by atoms with Crippen molar-refractivity contribution in [3.8, 4) is 5.75 Å². The van der Waals surface area contributed by atoms with E-state index in [1.165, 1.54) is 5.56 Å². The second-order valence-electron chi connectivity index (χ2n) is 4.75. The third kappa shape index (κ3) is 3.22. The van der Waals surface area contributed by atoms with Crippen LogP contribution in [0.2, 0.25) is 0 Å². The summed E-state index contributed by atoms with van der Waals surface area (Å²) in [7, 11) is 1.72. The molecule has 0 bridgehead atoms. The van der Waals surface area contributed by atoms with Crippen molar-refractivity contribution in [3.05, 3.63) is 29.8 Å². The first-order valence-corrected chi connectivity index (χ1v) is 6.52. The minimum absolute atomic E-state index is 0.293. The van der Waals surface area contributed by atoms with Gasteiger partial charge in [0.15, 0.2) is 0 Å². The predicted molar refractivity (Wildman–Crippen MR) is 71.5 cm³/mol. The summed E-state index contributed by atoms with van der Waals surface area (Å²) in [6.07, 6.45) is 3.02. The van der Waals surface area contributed by atoms with Crippen molar-refractivity contribution in [2.45, 2.75) is 31.2 Å². The van der Waals surface area contributed by atoms with Crippen molar-refractivity contribution < 1.29 is 9.47 Å². The van der Waals surface area contributed by atoms with E-state index in [9.17, 15) is 0 Å². The molecule has 0 aliphatic carbocycles. The van der Waals surface area contributed by atoms with Gasteiger partial charge in [0.2, 0.25) is 0 Å². The lowest BCUT2D eigenvalue weighted by Gasteiger charge is -2.28. The van der Waals surface area contributed by atoms with Crippen LogP contribution in [0.25, 0.3) is 0 Å². The van der Waals surface area contributed by atoms with Crippen LogP contribution in [-0.4, -0.2) is 26.4 Å². The summed E-state index contributed by atoms with van der Waals surface area (Å²) in [5.41, 5.74) is 4.20. The van der Waals surface area contributed by atoms with Crippen LogP contribution >= 0.6 is 0 Å². The van der Waals surface area contributed by atoms with Crippen LogP contribution in [0.5, 0.6) is 5.75 Å². The Morgan fingerprint density at radius 3 is 3.11 bits per heavy atom. The molecule has 0 fully saturated rings. The molecular formula is C14H22N2O2. The summed E-state index contributed by atoms with van der Waals surface area (Å²) < 4.78 is 10.8. The first kappa shape index (κ1) is 13.3. The molecule has 1 aliphatic heterocycles. The molecule has 0 amide bonds. The normalized spacial score (nSPS) is 20.0. The van der Waals surface area contributed by atoms with Crippen LogP contribution in [0.3, 0.4) is 0 Å². The average molecular weight is 250 g/mol. The van der Waals surface area contributed by atoms with Gasteiger partial charge in [-0.25, -0.2) is 0 Å². The number of hydrazine groups is 1. The van der Waals surface area contributed by atoms with Gasteiger partial charge in [0.1, 0.15) is 5.75 Å². The number of nitrogens with two attached hydrogens (primary N) is 1. The third-order valence-electron chi connectivity index (χ3n) is 3.56. The Morgan fingerprint density at radius 1 is 1.50 bits per heavy atom. The molecule has 1 aromatic carbocycles. The summed E-state index contributed by atoms with van der Waals surface area (Å²) in [6, 6.07) is 8.58. The number of para-hydroxylation sites is 1. The Bertz CT molecular complexity index is 371. The fourth-order valence-electron chi connectivity index (χ4n) is 2.53. The number of hydrogen-bond donors (Lipinski definition) is 2. The summed E-state index contributed by atoms with van der Waals surface area (Å²) >= 11 is 0. The quantitative estimate of drug-likeness (QED) is 0.597. The number of ether oxygens (including phenoxy) is 2. The number of hydrogen-bond acceptors (Lipinski definition) is 4. The Morgan fingerprint density at radius 2 is 2.33 bits per heavy atom. The zero-order valence-corrected chi connectivity index (χ0v) is 10.9. The summed E-state index contributed by atoms with van der Waals surface area (Å²) in [5, 5.41) is 0. The standard InChI is InChI=1S/C14H22N2O2/c1-17-8-7-12(16-15)10-11-6-9-18-14-5-3-2-4-13(11)14/h2-5,11-12,16H,6-10,15H2,1H3. The van der Waals surface area contributed by atoms with Crippen molar-refractivity contribution in [1.29, 1.82) is 0 Å². The molecule has 2 rings (SSSR count). The van der Waals surface area contributed by atoms with E-state index in [1.54, 1.807) is 7.11 Å². The summed E-state index contributed by atoms with van der Waals surface area (Å²) in [4.78, 5) is 0. The number of methoxy groups -OCH3 is 1. The van der Waals surface area contributed by atoms with Gasteiger partial charge >= 0.3 is 0 Å². The van der Waals surface area contributed by atoms with Gasteiger partial charge in [-0.1, -0.05) is 18.2 Å². The maximum Gasteiger partial charge on any atom is 0.122 e. The van der Waals surface area contributed by atoms with Crippen molar-refractivity contribution >= 4 is 0 Å². The molecule has 4 heteroatoms. The van der Waals surface area contributed by atoms with Crippen molar-refractivity contribution in [2.24, 2.45) is 5.84 Å². The van der Waals surface area contributed by atoms with Gasteiger partial charge in [0.25, 0.3) is 0 Å². The fraction of sp³-hybridized carbons (Fsp3) is 0.571. The topological polar surface area (TPSA) is 56.5 Å². The highest BCUT2D eigenvalue weighted by atomic mass is 16.5. The molecule has 1 heterocycles. The third-order valence-corrected chi connectivity index (χ3v) is 3.56. The van der Waals surface area contributed by atoms with Crippen molar-refractivity contribution in [1.82, 2.24) is 5.43 Å². The molecule has 0 saturated heterocycles. The predicted octanol–water partition coefficient (Wildman–Crippen LogP) is 1.81. The zero-order valence-electron chi connectivity index (χ0n) is 10.9. The Labute approximate surface area is 108 Å². The number of rotatable bonds is 6. The average Bonchev–Trinajstić information content (AvgIpc) is 2.43. The van der Waals surface area contributed by atoms with E-state index in [-0.39, 0.29) is 0 Å². The van der Waals surface area contributed by atoms with Gasteiger partial charge in [-0.15, -0.1) is 0 Å². The van der Waals surface area contributed by atoms with Crippen LogP contribution in [-0.2, 0) is 4.74 Å². The van der Waals surface area contributed by atoms with E-state index in [0.29, 0.717) is 12.0 Å². The minimum atomic E-state index is 0.293. The second kappa shape index (κ2) is 6.73. The molecule has 0 radical (unpaired) electrons. The van der Waals surface area contributed by atoms with Crippen LogP contribution in [0.4, 0.5) is 0 Å². The maximum absolute atomic E-state index is 5.67. The monoisotopic (exact) mass is 250 g/mol. The van der Waals surface area contributed by atoms with E-state index in [0.717, 1.165) is 38.2 Å². The minimum Gasteiger partial charge on any atom is -0.493 e. The molecular weight excluding hydrogens is 228 g/mol. The lowest BCUT2D eigenvalue weighted by molar-refractivity contribution is 0.176. The Balaban J connectivity index is 2.01. The van der Waals surface area contributed by atoms with E-state index in [1.807, 2.05) is 12.1 Å². The van der Waals surface area contributed by atoms with Crippen LogP contribution < -0.4 is 16.0 Å². The highest BCUT2D eigenvalue weighted by molar-refractivity contribution is 5.37. The first-order valence-electron chi connectivity index (χ1n) is 6.52. The largest absolute Gasteiger partial charge is 0.493 e. The zero-order chi connectivity index (χ0) is 12.8. The molecule has 100 valence electrons. The molecule has 0 aromatic heterocycles. The fourth-order valence-corrected chi connectivity index (χ4v) is 2.53. The lowest BCUT2D eigenvalue weighted by Crippen LogP contribution is -2.37. The van der Waals surface area contributed by atoms with Gasteiger partial charge in [-0.2, -0.15) is 0 Å². The van der Waals surface area contributed by atoms with Gasteiger partial charge in [0.05, 0.1) is 6.61 Å². The molecule has 0 saturated carbocycles. The van der Waals surface area contributed by atoms with Gasteiger partial charge in [0, 0.05) is 19.8 Å². The molecule has 1 aliphatic rings. The smallest absolute Gasteiger partial charge is 0.122 e. The Kier molecular flexibility index (Phi) is 4.99. The number of nitrogens with one attached hydrogen (secondary N) is 1. The van der Waals surface area contributed by atoms with E-state index in [2.05, 4.69) is 17.6 Å². The lowest BCUT2D eigenvalue weighted by atomic mass is 9.87. The second-order valence-corrected chi connectivity index (χ2v) is 4.75. The summed E-state index contributed by atoms with van der Waals surface area (Å²) in [5.74, 6) is 7.16.